The van der Waals surface area contributed by atoms with E-state index in [1.807, 2.05) is 6.92 Å². The molecule has 5 nitrogen and oxygen atoms in total. The summed E-state index contributed by atoms with van der Waals surface area (Å²) in [6.07, 6.45) is 1.67. The van der Waals surface area contributed by atoms with Crippen LogP contribution in [0.1, 0.15) is 5.69 Å². The minimum Gasteiger partial charge on any atom is -0.282 e. The van der Waals surface area contributed by atoms with E-state index >= 15 is 0 Å². The van der Waals surface area contributed by atoms with Crippen LogP contribution in [0.25, 0.3) is 17.1 Å². The molecule has 0 radical (unpaired) electrons. The minimum atomic E-state index is -0.298. The van der Waals surface area contributed by atoms with Gasteiger partial charge in [-0.05, 0) is 37.3 Å². The number of nitrogens with zero attached hydrogens (tertiary/aromatic N) is 3. The molecule has 3 rings (SSSR count). The SMILES string of the molecule is Cc1c(-c2nc(=S)[nH][nH]2)cnn1-c1cccc(F)c1. The smallest absolute Gasteiger partial charge is 0.213 e. The van der Waals surface area contributed by atoms with Crippen molar-refractivity contribution in [2.75, 3.05) is 0 Å². The summed E-state index contributed by atoms with van der Waals surface area (Å²) in [7, 11) is 0. The molecule has 19 heavy (non-hydrogen) atoms. The van der Waals surface area contributed by atoms with E-state index in [4.69, 9.17) is 12.2 Å². The van der Waals surface area contributed by atoms with E-state index in [0.717, 1.165) is 11.3 Å². The quantitative estimate of drug-likeness (QED) is 0.707. The van der Waals surface area contributed by atoms with Gasteiger partial charge in [0.15, 0.2) is 5.82 Å². The second kappa shape index (κ2) is 4.43. The van der Waals surface area contributed by atoms with Crippen LogP contribution >= 0.6 is 12.2 Å². The summed E-state index contributed by atoms with van der Waals surface area (Å²) in [5, 5.41) is 9.86. The number of nitrogens with one attached hydrogen (secondary N) is 2. The fourth-order valence-electron chi connectivity index (χ4n) is 1.91. The van der Waals surface area contributed by atoms with Crippen LogP contribution in [0, 0.1) is 17.5 Å². The van der Waals surface area contributed by atoms with E-state index in [1.54, 1.807) is 23.0 Å². The molecule has 0 spiro atoms. The lowest BCUT2D eigenvalue weighted by atomic mass is 10.2. The molecular formula is C12H10FN5S. The van der Waals surface area contributed by atoms with Crippen LogP contribution in [0.15, 0.2) is 30.5 Å². The average Bonchev–Trinajstić information content (AvgIpc) is 2.95. The van der Waals surface area contributed by atoms with Crippen molar-refractivity contribution in [2.24, 2.45) is 0 Å². The maximum Gasteiger partial charge on any atom is 0.213 e. The van der Waals surface area contributed by atoms with Gasteiger partial charge >= 0.3 is 0 Å². The molecule has 0 amide bonds. The van der Waals surface area contributed by atoms with Gasteiger partial charge in [-0.1, -0.05) is 6.07 Å². The Bertz CT molecular complexity index is 785. The number of hydrogen-bond donors (Lipinski definition) is 2. The summed E-state index contributed by atoms with van der Waals surface area (Å²) >= 11 is 4.92. The van der Waals surface area contributed by atoms with E-state index in [0.29, 0.717) is 16.3 Å². The minimum absolute atomic E-state index is 0.298. The fraction of sp³-hybridized carbons (Fsp3) is 0.0833. The van der Waals surface area contributed by atoms with Crippen LogP contribution < -0.4 is 0 Å². The van der Waals surface area contributed by atoms with E-state index in [2.05, 4.69) is 20.3 Å². The molecule has 0 saturated carbocycles. The molecule has 3 aromatic rings. The van der Waals surface area contributed by atoms with Gasteiger partial charge in [0.2, 0.25) is 4.77 Å². The van der Waals surface area contributed by atoms with Crippen molar-refractivity contribution in [3.8, 4) is 17.1 Å². The Morgan fingerprint density at radius 1 is 1.32 bits per heavy atom. The number of benzene rings is 1. The van der Waals surface area contributed by atoms with E-state index in [-0.39, 0.29) is 5.82 Å². The number of H-pyrrole nitrogens is 2. The topological polar surface area (TPSA) is 62.3 Å². The molecule has 96 valence electrons. The monoisotopic (exact) mass is 275 g/mol. The molecule has 0 saturated heterocycles. The zero-order valence-corrected chi connectivity index (χ0v) is 10.8. The third-order valence-electron chi connectivity index (χ3n) is 2.82. The molecule has 0 atom stereocenters. The molecule has 2 N–H and O–H groups in total. The second-order valence-corrected chi connectivity index (χ2v) is 4.44. The summed E-state index contributed by atoms with van der Waals surface area (Å²) in [4.78, 5) is 4.14. The van der Waals surface area contributed by atoms with Crippen LogP contribution in [0.5, 0.6) is 0 Å². The van der Waals surface area contributed by atoms with Crippen LogP contribution in [-0.2, 0) is 0 Å². The van der Waals surface area contributed by atoms with Gasteiger partial charge in [-0.15, -0.1) is 0 Å². The third-order valence-corrected chi connectivity index (χ3v) is 3.01. The summed E-state index contributed by atoms with van der Waals surface area (Å²) in [6, 6.07) is 6.26. The van der Waals surface area contributed by atoms with Gasteiger partial charge in [0.1, 0.15) is 5.82 Å². The highest BCUT2D eigenvalue weighted by molar-refractivity contribution is 7.71. The van der Waals surface area contributed by atoms with E-state index in [1.165, 1.54) is 12.1 Å². The summed E-state index contributed by atoms with van der Waals surface area (Å²) < 4.78 is 15.3. The van der Waals surface area contributed by atoms with Gasteiger partial charge in [-0.25, -0.2) is 9.07 Å². The number of hydrogen-bond acceptors (Lipinski definition) is 3. The predicted octanol–water partition coefficient (Wildman–Crippen LogP) is 2.77. The molecule has 0 bridgehead atoms. The summed E-state index contributed by atoms with van der Waals surface area (Å²) in [6.45, 7) is 1.89. The van der Waals surface area contributed by atoms with Crippen molar-refractivity contribution >= 4 is 12.2 Å². The predicted molar refractivity (Wildman–Crippen MR) is 71.0 cm³/mol. The number of aromatic nitrogens is 5. The normalized spacial score (nSPS) is 10.8. The lowest BCUT2D eigenvalue weighted by molar-refractivity contribution is 0.625. The van der Waals surface area contributed by atoms with Crippen LogP contribution in [0.2, 0.25) is 0 Å². The van der Waals surface area contributed by atoms with Gasteiger partial charge < -0.3 is 0 Å². The van der Waals surface area contributed by atoms with Gasteiger partial charge in [0.05, 0.1) is 23.1 Å². The highest BCUT2D eigenvalue weighted by Crippen LogP contribution is 2.21. The Hall–Kier alpha value is -2.28. The first kappa shape index (κ1) is 11.8. The molecule has 7 heteroatoms. The highest BCUT2D eigenvalue weighted by atomic mass is 32.1. The Morgan fingerprint density at radius 3 is 2.84 bits per heavy atom. The number of rotatable bonds is 2. The Morgan fingerprint density at radius 2 is 2.16 bits per heavy atom. The average molecular weight is 275 g/mol. The molecular weight excluding hydrogens is 265 g/mol. The molecule has 2 heterocycles. The van der Waals surface area contributed by atoms with Crippen LogP contribution in [-0.4, -0.2) is 25.0 Å². The first-order valence-corrected chi connectivity index (χ1v) is 6.01. The maximum absolute atomic E-state index is 13.2. The summed E-state index contributed by atoms with van der Waals surface area (Å²) in [5.74, 6) is 0.318. The van der Waals surface area contributed by atoms with Gasteiger partial charge in [0, 0.05) is 0 Å². The van der Waals surface area contributed by atoms with Crippen molar-refractivity contribution in [1.82, 2.24) is 25.0 Å². The lowest BCUT2D eigenvalue weighted by Gasteiger charge is -2.04. The molecule has 0 aliphatic heterocycles. The Balaban J connectivity index is 2.11. The van der Waals surface area contributed by atoms with Gasteiger partial charge in [-0.3, -0.25) is 10.2 Å². The number of halogens is 1. The van der Waals surface area contributed by atoms with Gasteiger partial charge in [-0.2, -0.15) is 10.1 Å². The maximum atomic E-state index is 13.2. The van der Waals surface area contributed by atoms with Crippen LogP contribution in [0.3, 0.4) is 0 Å². The van der Waals surface area contributed by atoms with Crippen molar-refractivity contribution in [2.45, 2.75) is 6.92 Å². The second-order valence-electron chi connectivity index (χ2n) is 4.05. The molecule has 0 aliphatic rings. The van der Waals surface area contributed by atoms with Gasteiger partial charge in [0.25, 0.3) is 0 Å². The molecule has 0 aliphatic carbocycles. The zero-order chi connectivity index (χ0) is 13.4. The number of aromatic amines is 2. The zero-order valence-electron chi connectivity index (χ0n) is 10.0. The van der Waals surface area contributed by atoms with Crippen molar-refractivity contribution in [1.29, 1.82) is 0 Å². The molecule has 0 unspecified atom stereocenters. The lowest BCUT2D eigenvalue weighted by Crippen LogP contribution is -1.99. The Labute approximate surface area is 113 Å². The fourth-order valence-corrected chi connectivity index (χ4v) is 2.05. The van der Waals surface area contributed by atoms with Crippen molar-refractivity contribution in [3.63, 3.8) is 0 Å². The van der Waals surface area contributed by atoms with Crippen molar-refractivity contribution in [3.05, 3.63) is 46.7 Å². The largest absolute Gasteiger partial charge is 0.282 e. The molecule has 2 aromatic heterocycles. The van der Waals surface area contributed by atoms with E-state index < -0.39 is 0 Å². The highest BCUT2D eigenvalue weighted by Gasteiger charge is 2.12. The Kier molecular flexibility index (Phi) is 2.75. The standard InChI is InChI=1S/C12H10FN5S/c1-7-10(11-15-12(19)17-16-11)6-14-18(7)9-4-2-3-8(13)5-9/h2-6H,1H3,(H2,15,16,17,19). The summed E-state index contributed by atoms with van der Waals surface area (Å²) in [5.41, 5.74) is 2.33. The first-order chi connectivity index (χ1) is 9.15. The van der Waals surface area contributed by atoms with Crippen molar-refractivity contribution < 1.29 is 4.39 Å². The van der Waals surface area contributed by atoms with Crippen LogP contribution in [0.4, 0.5) is 4.39 Å². The third kappa shape index (κ3) is 2.08. The first-order valence-electron chi connectivity index (χ1n) is 5.61. The van der Waals surface area contributed by atoms with E-state index in [9.17, 15) is 4.39 Å². The molecule has 0 fully saturated rings. The molecule has 1 aromatic carbocycles.